The third-order valence-electron chi connectivity index (χ3n) is 8.38. The maximum Gasteiger partial charge on any atom is 0.309 e. The van der Waals surface area contributed by atoms with E-state index in [0.717, 1.165) is 19.3 Å². The number of aliphatic hydroxyl groups is 2. The number of esters is 1. The number of aryl methyl sites for hydroxylation is 1. The Hall–Kier alpha value is -1.78. The molecule has 3 saturated heterocycles. The van der Waals surface area contributed by atoms with E-state index in [1.54, 1.807) is 26.8 Å². The highest BCUT2D eigenvalue weighted by atomic mass is 35.5. The lowest BCUT2D eigenvalue weighted by Crippen LogP contribution is -2.47. The molecule has 4 heterocycles. The molecule has 8 unspecified atom stereocenters. The number of halogens is 1. The van der Waals surface area contributed by atoms with Crippen molar-refractivity contribution in [2.45, 2.75) is 109 Å². The van der Waals surface area contributed by atoms with Gasteiger partial charge in [-0.25, -0.2) is 4.98 Å². The molecule has 2 N–H and O–H groups in total. The molecule has 0 bridgehead atoms. The van der Waals surface area contributed by atoms with Gasteiger partial charge in [-0.1, -0.05) is 38.8 Å². The number of aromatic nitrogens is 1. The summed E-state index contributed by atoms with van der Waals surface area (Å²) in [6.07, 6.45) is 2.40. The van der Waals surface area contributed by atoms with Gasteiger partial charge in [0, 0.05) is 19.3 Å². The minimum Gasteiger partial charge on any atom is -0.456 e. The van der Waals surface area contributed by atoms with Crippen LogP contribution in [0.3, 0.4) is 0 Å². The molecular formula is C28H40ClNO8. The number of fused-ring (bicyclic) bond motifs is 1. The highest BCUT2D eigenvalue weighted by molar-refractivity contribution is 6.32. The fourth-order valence-corrected chi connectivity index (χ4v) is 5.64. The molecule has 1 aromatic rings. The number of oxazole rings is 1. The summed E-state index contributed by atoms with van der Waals surface area (Å²) in [5.74, 6) is -1.33. The maximum atomic E-state index is 13.7. The van der Waals surface area contributed by atoms with Crippen LogP contribution in [-0.2, 0) is 23.8 Å². The number of rotatable bonds is 4. The van der Waals surface area contributed by atoms with E-state index < -0.39 is 47.6 Å². The zero-order valence-electron chi connectivity index (χ0n) is 22.8. The number of cyclic esters (lactones) is 1. The van der Waals surface area contributed by atoms with Crippen molar-refractivity contribution in [1.29, 1.82) is 0 Å². The fourth-order valence-electron chi connectivity index (χ4n) is 5.39. The molecule has 0 amide bonds. The molecule has 3 aliphatic heterocycles. The Labute approximate surface area is 228 Å². The van der Waals surface area contributed by atoms with E-state index in [4.69, 9.17) is 30.2 Å². The number of hydrogen-bond donors (Lipinski definition) is 2. The summed E-state index contributed by atoms with van der Waals surface area (Å²) < 4.78 is 22.4. The van der Waals surface area contributed by atoms with Crippen molar-refractivity contribution in [3.8, 4) is 0 Å². The zero-order chi connectivity index (χ0) is 27.8. The first-order valence-electron chi connectivity index (χ1n) is 13.5. The average molecular weight is 554 g/mol. The molecule has 212 valence electrons. The second kappa shape index (κ2) is 11.4. The number of epoxide rings is 2. The van der Waals surface area contributed by atoms with Gasteiger partial charge in [-0.3, -0.25) is 9.59 Å². The van der Waals surface area contributed by atoms with Crippen molar-refractivity contribution < 1.29 is 38.4 Å². The Morgan fingerprint density at radius 1 is 1.26 bits per heavy atom. The van der Waals surface area contributed by atoms with Gasteiger partial charge in [0.05, 0.1) is 53.5 Å². The van der Waals surface area contributed by atoms with Crippen LogP contribution in [-0.4, -0.2) is 69.7 Å². The predicted octanol–water partition coefficient (Wildman–Crippen LogP) is 3.95. The van der Waals surface area contributed by atoms with Crippen LogP contribution in [0.15, 0.2) is 15.7 Å². The molecule has 8 atom stereocenters. The van der Waals surface area contributed by atoms with Crippen LogP contribution in [0.4, 0.5) is 0 Å². The van der Waals surface area contributed by atoms with Crippen LogP contribution >= 0.6 is 11.6 Å². The second-order valence-corrected chi connectivity index (χ2v) is 12.4. The van der Waals surface area contributed by atoms with Crippen LogP contribution in [0.1, 0.15) is 77.8 Å². The van der Waals surface area contributed by atoms with Gasteiger partial charge < -0.3 is 28.8 Å². The van der Waals surface area contributed by atoms with E-state index in [-0.39, 0.29) is 28.9 Å². The predicted molar refractivity (Wildman–Crippen MR) is 139 cm³/mol. The molecule has 3 fully saturated rings. The van der Waals surface area contributed by atoms with Crippen LogP contribution in [0.2, 0.25) is 0 Å². The lowest BCUT2D eigenvalue weighted by atomic mass is 9.71. The first-order chi connectivity index (χ1) is 17.8. The highest BCUT2D eigenvalue weighted by Crippen LogP contribution is 2.45. The Balaban J connectivity index is 1.58. The smallest absolute Gasteiger partial charge is 0.309 e. The third-order valence-corrected chi connectivity index (χ3v) is 8.73. The molecule has 9 nitrogen and oxygen atoms in total. The lowest BCUT2D eigenvalue weighted by molar-refractivity contribution is -0.154. The summed E-state index contributed by atoms with van der Waals surface area (Å²) in [5.41, 5.74) is -1.19. The van der Waals surface area contributed by atoms with E-state index in [1.807, 2.05) is 13.8 Å². The van der Waals surface area contributed by atoms with Crippen molar-refractivity contribution in [3.05, 3.63) is 22.9 Å². The number of carbonyl (C=O) groups is 2. The van der Waals surface area contributed by atoms with Gasteiger partial charge >= 0.3 is 5.97 Å². The molecule has 0 spiro atoms. The summed E-state index contributed by atoms with van der Waals surface area (Å²) in [6, 6.07) is 0. The number of hydrogen-bond acceptors (Lipinski definition) is 9. The monoisotopic (exact) mass is 553 g/mol. The summed E-state index contributed by atoms with van der Waals surface area (Å²) in [5, 5.41) is 22.5. The number of ketones is 1. The van der Waals surface area contributed by atoms with Gasteiger partial charge in [-0.2, -0.15) is 0 Å². The molecule has 0 saturated carbocycles. The van der Waals surface area contributed by atoms with Crippen LogP contribution in [0.25, 0.3) is 6.08 Å². The number of aliphatic hydroxyl groups excluding tert-OH is 2. The standard InChI is InChI=1S/C28H40ClNO8/c1-15-7-6-8-28(5)23(38-28)11-21(20(29)9-17-13-35-16(2)30-17)37-24(32)12-22(31)27(3,4)26(34)19(25(15)33)10-18-14-36-18/h9,13,15,18-19,21-23,25,31,33H,6-8,10-12,14H2,1-5H3. The number of Topliss-reactive ketones (excluding diaryl/α,β-unsaturated/α-hetero) is 1. The summed E-state index contributed by atoms with van der Waals surface area (Å²) >= 11 is 6.61. The number of ether oxygens (including phenoxy) is 3. The van der Waals surface area contributed by atoms with Crippen molar-refractivity contribution in [3.63, 3.8) is 0 Å². The second-order valence-electron chi connectivity index (χ2n) is 11.9. The van der Waals surface area contributed by atoms with Crippen molar-refractivity contribution in [2.75, 3.05) is 6.61 Å². The molecule has 1 aromatic heterocycles. The van der Waals surface area contributed by atoms with E-state index in [1.165, 1.54) is 6.26 Å². The molecular weight excluding hydrogens is 514 g/mol. The van der Waals surface area contributed by atoms with Gasteiger partial charge in [0.1, 0.15) is 23.8 Å². The van der Waals surface area contributed by atoms with E-state index in [2.05, 4.69) is 4.98 Å². The summed E-state index contributed by atoms with van der Waals surface area (Å²) in [7, 11) is 0. The normalized spacial score (nSPS) is 38.8. The topological polar surface area (TPSA) is 135 Å². The van der Waals surface area contributed by atoms with Gasteiger partial charge in [-0.15, -0.1) is 0 Å². The molecule has 0 aliphatic carbocycles. The Bertz CT molecular complexity index is 1050. The molecule has 10 heteroatoms. The van der Waals surface area contributed by atoms with E-state index in [9.17, 15) is 19.8 Å². The van der Waals surface area contributed by atoms with Crippen molar-refractivity contribution >= 4 is 29.4 Å². The molecule has 0 radical (unpaired) electrons. The summed E-state index contributed by atoms with van der Waals surface area (Å²) in [4.78, 5) is 30.9. The average Bonchev–Trinajstić information content (AvgIpc) is 3.74. The lowest BCUT2D eigenvalue weighted by Gasteiger charge is -2.36. The largest absolute Gasteiger partial charge is 0.456 e. The Morgan fingerprint density at radius 2 is 1.97 bits per heavy atom. The van der Waals surface area contributed by atoms with Gasteiger partial charge in [0.2, 0.25) is 0 Å². The number of carbonyl (C=O) groups excluding carboxylic acids is 2. The van der Waals surface area contributed by atoms with Gasteiger partial charge in [0.15, 0.2) is 5.89 Å². The first kappa shape index (κ1) is 29.2. The minimum atomic E-state index is -1.32. The van der Waals surface area contributed by atoms with Crippen LogP contribution in [0, 0.1) is 24.2 Å². The summed E-state index contributed by atoms with van der Waals surface area (Å²) in [6.45, 7) is 9.45. The van der Waals surface area contributed by atoms with Gasteiger partial charge in [-0.05, 0) is 38.2 Å². The van der Waals surface area contributed by atoms with E-state index in [0.29, 0.717) is 31.0 Å². The SMILES string of the molecule is Cc1nc(C=C(Cl)C2CC3OC3(C)CCCC(C)C(O)C(CC3CO3)C(=O)C(C)(C)C(O)CC(=O)O2)co1. The quantitative estimate of drug-likeness (QED) is 0.419. The van der Waals surface area contributed by atoms with Crippen molar-refractivity contribution in [1.82, 2.24) is 4.98 Å². The van der Waals surface area contributed by atoms with Gasteiger partial charge in [0.25, 0.3) is 0 Å². The van der Waals surface area contributed by atoms with E-state index >= 15 is 0 Å². The molecule has 4 rings (SSSR count). The van der Waals surface area contributed by atoms with Crippen molar-refractivity contribution in [2.24, 2.45) is 17.3 Å². The highest BCUT2D eigenvalue weighted by Gasteiger charge is 2.53. The molecule has 38 heavy (non-hydrogen) atoms. The van der Waals surface area contributed by atoms with Crippen LogP contribution < -0.4 is 0 Å². The maximum absolute atomic E-state index is 13.7. The first-order valence-corrected chi connectivity index (χ1v) is 13.9. The Kier molecular flexibility index (Phi) is 8.74. The number of nitrogens with zero attached hydrogens (tertiary/aromatic N) is 1. The molecule has 3 aliphatic rings. The Morgan fingerprint density at radius 3 is 2.61 bits per heavy atom. The van der Waals surface area contributed by atoms with Crippen LogP contribution in [0.5, 0.6) is 0 Å². The minimum absolute atomic E-state index is 0.0722. The fraction of sp³-hybridized carbons (Fsp3) is 0.750. The molecule has 0 aromatic carbocycles. The zero-order valence-corrected chi connectivity index (χ0v) is 23.6. The third kappa shape index (κ3) is 6.86.